The summed E-state index contributed by atoms with van der Waals surface area (Å²) in [5.74, 6) is -0.811. The summed E-state index contributed by atoms with van der Waals surface area (Å²) in [4.78, 5) is 23.0. The average molecular weight is 187 g/mol. The third-order valence-electron chi connectivity index (χ3n) is 1.77. The number of nitrogens with zero attached hydrogens (tertiary/aromatic N) is 1. The summed E-state index contributed by atoms with van der Waals surface area (Å²) in [6.45, 7) is 2.74. The molecule has 13 heavy (non-hydrogen) atoms. The van der Waals surface area contributed by atoms with E-state index in [1.165, 1.54) is 0 Å². The van der Waals surface area contributed by atoms with Gasteiger partial charge in [0, 0.05) is 26.4 Å². The Balaban J connectivity index is 3.55. The number of aliphatic carboxylic acids is 1. The molecule has 4 nitrogen and oxygen atoms in total. The minimum absolute atomic E-state index is 0.0306. The maximum Gasteiger partial charge on any atom is 0.303 e. The van der Waals surface area contributed by atoms with Crippen molar-refractivity contribution in [3.63, 3.8) is 0 Å². The highest BCUT2D eigenvalue weighted by atomic mass is 16.4. The van der Waals surface area contributed by atoms with Crippen molar-refractivity contribution >= 4 is 11.9 Å². The molecule has 0 saturated carbocycles. The predicted octanol–water partition coefficient (Wildman–Crippen LogP) is 1.11. The normalized spacial score (nSPS) is 9.69. The van der Waals surface area contributed by atoms with Gasteiger partial charge in [0.05, 0.1) is 0 Å². The molecule has 0 bridgehead atoms. The van der Waals surface area contributed by atoms with Gasteiger partial charge in [-0.05, 0) is 12.8 Å². The smallest absolute Gasteiger partial charge is 0.303 e. The van der Waals surface area contributed by atoms with Gasteiger partial charge in [0.2, 0.25) is 5.91 Å². The van der Waals surface area contributed by atoms with Crippen LogP contribution in [-0.2, 0) is 9.59 Å². The number of carboxylic acids is 1. The number of rotatable bonds is 6. The van der Waals surface area contributed by atoms with Crippen LogP contribution in [0.5, 0.6) is 0 Å². The lowest BCUT2D eigenvalue weighted by atomic mass is 10.2. The second-order valence-corrected chi connectivity index (χ2v) is 3.06. The molecule has 0 aliphatic carbocycles. The van der Waals surface area contributed by atoms with Gasteiger partial charge in [-0.1, -0.05) is 6.92 Å². The fourth-order valence-electron chi connectivity index (χ4n) is 1.04. The van der Waals surface area contributed by atoms with Crippen LogP contribution in [0.1, 0.15) is 32.6 Å². The molecule has 0 heterocycles. The zero-order valence-electron chi connectivity index (χ0n) is 8.25. The van der Waals surface area contributed by atoms with Gasteiger partial charge in [0.15, 0.2) is 0 Å². The van der Waals surface area contributed by atoms with E-state index < -0.39 is 5.97 Å². The lowest BCUT2D eigenvalue weighted by Gasteiger charge is -2.15. The van der Waals surface area contributed by atoms with Crippen molar-refractivity contribution in [1.82, 2.24) is 4.90 Å². The van der Waals surface area contributed by atoms with E-state index in [0.717, 1.165) is 13.0 Å². The van der Waals surface area contributed by atoms with Gasteiger partial charge in [-0.2, -0.15) is 0 Å². The Kier molecular flexibility index (Phi) is 5.93. The predicted molar refractivity (Wildman–Crippen MR) is 49.4 cm³/mol. The van der Waals surface area contributed by atoms with E-state index in [1.54, 1.807) is 11.9 Å². The van der Waals surface area contributed by atoms with E-state index in [-0.39, 0.29) is 12.3 Å². The van der Waals surface area contributed by atoms with E-state index in [4.69, 9.17) is 5.11 Å². The summed E-state index contributed by atoms with van der Waals surface area (Å²) in [5, 5.41) is 8.34. The van der Waals surface area contributed by atoms with E-state index >= 15 is 0 Å². The van der Waals surface area contributed by atoms with Crippen LogP contribution in [0.2, 0.25) is 0 Å². The van der Waals surface area contributed by atoms with Gasteiger partial charge in [-0.3, -0.25) is 9.59 Å². The van der Waals surface area contributed by atoms with Crippen LogP contribution in [0.15, 0.2) is 0 Å². The standard InChI is InChI=1S/C9H17NO3/c1-3-7-10(2)8(11)5-4-6-9(12)13/h3-7H2,1-2H3,(H,12,13). The van der Waals surface area contributed by atoms with E-state index in [1.807, 2.05) is 6.92 Å². The van der Waals surface area contributed by atoms with E-state index in [9.17, 15) is 9.59 Å². The summed E-state index contributed by atoms with van der Waals surface area (Å²) in [5.41, 5.74) is 0. The van der Waals surface area contributed by atoms with E-state index in [0.29, 0.717) is 12.8 Å². The molecule has 1 N–H and O–H groups in total. The fraction of sp³-hybridized carbons (Fsp3) is 0.778. The number of carbonyl (C=O) groups is 2. The number of carbonyl (C=O) groups excluding carboxylic acids is 1. The maximum atomic E-state index is 11.2. The molecule has 0 aromatic heterocycles. The summed E-state index contributed by atoms with van der Waals surface area (Å²) in [6.07, 6.45) is 1.78. The topological polar surface area (TPSA) is 57.6 Å². The van der Waals surface area contributed by atoms with Gasteiger partial charge in [-0.25, -0.2) is 0 Å². The highest BCUT2D eigenvalue weighted by Crippen LogP contribution is 1.99. The lowest BCUT2D eigenvalue weighted by Crippen LogP contribution is -2.27. The molecule has 0 radical (unpaired) electrons. The van der Waals surface area contributed by atoms with Crippen molar-refractivity contribution < 1.29 is 14.7 Å². The number of hydrogen-bond donors (Lipinski definition) is 1. The Hall–Kier alpha value is -1.06. The zero-order chi connectivity index (χ0) is 10.3. The van der Waals surface area contributed by atoms with Gasteiger partial charge >= 0.3 is 5.97 Å². The van der Waals surface area contributed by atoms with Gasteiger partial charge in [0.25, 0.3) is 0 Å². The number of amides is 1. The van der Waals surface area contributed by atoms with Crippen molar-refractivity contribution in [1.29, 1.82) is 0 Å². The molecular weight excluding hydrogens is 170 g/mol. The van der Waals surface area contributed by atoms with Gasteiger partial charge in [0.1, 0.15) is 0 Å². The molecule has 0 aromatic rings. The largest absolute Gasteiger partial charge is 0.481 e. The third-order valence-corrected chi connectivity index (χ3v) is 1.77. The molecule has 0 unspecified atom stereocenters. The van der Waals surface area contributed by atoms with E-state index in [2.05, 4.69) is 0 Å². The fourth-order valence-corrected chi connectivity index (χ4v) is 1.04. The molecule has 0 aliphatic rings. The molecule has 0 aromatic carbocycles. The number of carboxylic acid groups (broad SMARTS) is 1. The molecular formula is C9H17NO3. The van der Waals surface area contributed by atoms with Crippen molar-refractivity contribution in [2.45, 2.75) is 32.6 Å². The SMILES string of the molecule is CCCN(C)C(=O)CCCC(=O)O. The van der Waals surface area contributed by atoms with Crippen molar-refractivity contribution in [3.8, 4) is 0 Å². The molecule has 0 saturated heterocycles. The summed E-state index contributed by atoms with van der Waals surface area (Å²) < 4.78 is 0. The Labute approximate surface area is 78.5 Å². The highest BCUT2D eigenvalue weighted by Gasteiger charge is 2.07. The first-order valence-electron chi connectivity index (χ1n) is 4.53. The summed E-state index contributed by atoms with van der Waals surface area (Å²) >= 11 is 0. The maximum absolute atomic E-state index is 11.2. The molecule has 0 atom stereocenters. The molecule has 4 heteroatoms. The quantitative estimate of drug-likeness (QED) is 0.677. The minimum atomic E-state index is -0.842. The average Bonchev–Trinajstić information content (AvgIpc) is 2.04. The van der Waals surface area contributed by atoms with Crippen molar-refractivity contribution in [3.05, 3.63) is 0 Å². The minimum Gasteiger partial charge on any atom is -0.481 e. The van der Waals surface area contributed by atoms with Crippen LogP contribution < -0.4 is 0 Å². The van der Waals surface area contributed by atoms with Crippen LogP contribution >= 0.6 is 0 Å². The first-order valence-corrected chi connectivity index (χ1v) is 4.53. The molecule has 0 spiro atoms. The Morgan fingerprint density at radius 3 is 2.38 bits per heavy atom. The van der Waals surface area contributed by atoms with Crippen LogP contribution in [-0.4, -0.2) is 35.5 Å². The summed E-state index contributed by atoms with van der Waals surface area (Å²) in [7, 11) is 1.74. The molecule has 76 valence electrons. The van der Waals surface area contributed by atoms with Crippen LogP contribution in [0.25, 0.3) is 0 Å². The zero-order valence-corrected chi connectivity index (χ0v) is 8.25. The number of hydrogen-bond acceptors (Lipinski definition) is 2. The first kappa shape index (κ1) is 11.9. The van der Waals surface area contributed by atoms with Gasteiger partial charge < -0.3 is 10.0 Å². The summed E-state index contributed by atoms with van der Waals surface area (Å²) in [6, 6.07) is 0. The second kappa shape index (κ2) is 6.46. The molecule has 1 amide bonds. The van der Waals surface area contributed by atoms with Gasteiger partial charge in [-0.15, -0.1) is 0 Å². The second-order valence-electron chi connectivity index (χ2n) is 3.06. The highest BCUT2D eigenvalue weighted by molar-refractivity contribution is 5.76. The lowest BCUT2D eigenvalue weighted by molar-refractivity contribution is -0.137. The van der Waals surface area contributed by atoms with Crippen molar-refractivity contribution in [2.24, 2.45) is 0 Å². The third kappa shape index (κ3) is 6.13. The van der Waals surface area contributed by atoms with Crippen LogP contribution in [0.3, 0.4) is 0 Å². The Morgan fingerprint density at radius 2 is 1.92 bits per heavy atom. The van der Waals surface area contributed by atoms with Crippen LogP contribution in [0, 0.1) is 0 Å². The Morgan fingerprint density at radius 1 is 1.31 bits per heavy atom. The monoisotopic (exact) mass is 187 g/mol. The molecule has 0 rings (SSSR count). The van der Waals surface area contributed by atoms with Crippen molar-refractivity contribution in [2.75, 3.05) is 13.6 Å². The molecule has 0 fully saturated rings. The first-order chi connectivity index (χ1) is 6.07. The molecule has 0 aliphatic heterocycles. The van der Waals surface area contributed by atoms with Crippen LogP contribution in [0.4, 0.5) is 0 Å². The Bertz CT molecular complexity index is 180.